The molecule has 9 aromatic carbocycles. The summed E-state index contributed by atoms with van der Waals surface area (Å²) in [6.07, 6.45) is 12.2. The van der Waals surface area contributed by atoms with Gasteiger partial charge in [-0.05, 0) is 146 Å². The summed E-state index contributed by atoms with van der Waals surface area (Å²) in [6.45, 7) is 4.51. The molecular weight excluding hydrogens is 765 g/mol. The molecule has 0 spiro atoms. The van der Waals surface area contributed by atoms with E-state index in [0.29, 0.717) is 0 Å². The van der Waals surface area contributed by atoms with Crippen molar-refractivity contribution in [2.75, 3.05) is 4.90 Å². The third-order valence-corrected chi connectivity index (χ3v) is 13.0. The monoisotopic (exact) mass is 806 g/mol. The van der Waals surface area contributed by atoms with Crippen molar-refractivity contribution < 1.29 is 0 Å². The van der Waals surface area contributed by atoms with Crippen LogP contribution in [0.15, 0.2) is 213 Å². The highest BCUT2D eigenvalue weighted by molar-refractivity contribution is 6.25. The van der Waals surface area contributed by atoms with Crippen LogP contribution in [0.25, 0.3) is 98.8 Å². The van der Waals surface area contributed by atoms with E-state index in [-0.39, 0.29) is 6.04 Å². The molecule has 0 amide bonds. The number of fused-ring (bicyclic) bond motifs is 10. The van der Waals surface area contributed by atoms with E-state index in [9.17, 15) is 0 Å². The molecule has 3 heterocycles. The number of allylic oxidation sites excluding steroid dienone is 3. The van der Waals surface area contributed by atoms with Gasteiger partial charge in [-0.1, -0.05) is 127 Å². The predicted molar refractivity (Wildman–Crippen MR) is 266 cm³/mol. The van der Waals surface area contributed by atoms with Crippen LogP contribution in [-0.2, 0) is 0 Å². The average Bonchev–Trinajstić information content (AvgIpc) is 3.68. The summed E-state index contributed by atoms with van der Waals surface area (Å²) in [4.78, 5) is 11.4. The molecule has 4 heteroatoms. The van der Waals surface area contributed by atoms with E-state index in [1.54, 1.807) is 6.33 Å². The van der Waals surface area contributed by atoms with Crippen molar-refractivity contribution >= 4 is 71.1 Å². The maximum absolute atomic E-state index is 4.44. The van der Waals surface area contributed by atoms with E-state index in [0.717, 1.165) is 39.3 Å². The average molecular weight is 807 g/mol. The van der Waals surface area contributed by atoms with Gasteiger partial charge >= 0.3 is 0 Å². The summed E-state index contributed by atoms with van der Waals surface area (Å²) in [5.74, 6) is 0. The van der Waals surface area contributed by atoms with Gasteiger partial charge in [0.25, 0.3) is 0 Å². The standard InChI is InChI=1S/C59H42N4/c1-38-13-12-14-39(2)62(58-27-24-40(32-54(38)58)41-25-28-59-56(34-41)53-21-10-11-22-57(53)63(59)46-15-4-3-5-16-46)47-30-43(29-44(31-47)45-35-60-37-61-36-45)42-23-26-52-50-19-7-6-17-48(50)49-18-8-9-20-51(49)55(52)33-42/h3-37,39H,1-2H3/b14-12-,38-13+. The first-order chi connectivity index (χ1) is 31.1. The maximum Gasteiger partial charge on any atom is 0.115 e. The molecule has 0 fully saturated rings. The van der Waals surface area contributed by atoms with Gasteiger partial charge in [0.1, 0.15) is 6.33 Å². The molecule has 0 radical (unpaired) electrons. The minimum Gasteiger partial charge on any atom is -0.334 e. The second kappa shape index (κ2) is 14.8. The van der Waals surface area contributed by atoms with Crippen molar-refractivity contribution in [3.05, 3.63) is 218 Å². The van der Waals surface area contributed by atoms with Crippen LogP contribution in [0.5, 0.6) is 0 Å². The van der Waals surface area contributed by atoms with E-state index < -0.39 is 0 Å². The molecule has 0 aliphatic carbocycles. The second-order valence-corrected chi connectivity index (χ2v) is 16.7. The normalized spacial score (nSPS) is 15.4. The first-order valence-electron chi connectivity index (χ1n) is 21.7. The van der Waals surface area contributed by atoms with Crippen LogP contribution in [0.1, 0.15) is 19.4 Å². The largest absolute Gasteiger partial charge is 0.334 e. The Kier molecular flexibility index (Phi) is 8.65. The van der Waals surface area contributed by atoms with Crippen LogP contribution < -0.4 is 4.90 Å². The Bertz CT molecular complexity index is 3620. The van der Waals surface area contributed by atoms with Crippen LogP contribution >= 0.6 is 0 Å². The number of benzene rings is 9. The molecule has 298 valence electrons. The van der Waals surface area contributed by atoms with Gasteiger partial charge in [0.15, 0.2) is 0 Å². The van der Waals surface area contributed by atoms with Crippen molar-refractivity contribution in [1.29, 1.82) is 0 Å². The number of anilines is 2. The molecule has 1 aliphatic rings. The van der Waals surface area contributed by atoms with Gasteiger partial charge in [-0.15, -0.1) is 0 Å². The van der Waals surface area contributed by atoms with E-state index in [1.807, 2.05) is 12.4 Å². The van der Waals surface area contributed by atoms with Crippen molar-refractivity contribution in [2.45, 2.75) is 19.9 Å². The minimum atomic E-state index is 0.0569. The van der Waals surface area contributed by atoms with Gasteiger partial charge < -0.3 is 9.47 Å². The van der Waals surface area contributed by atoms with Crippen LogP contribution in [0, 0.1) is 0 Å². The van der Waals surface area contributed by atoms with E-state index >= 15 is 0 Å². The summed E-state index contributed by atoms with van der Waals surface area (Å²) in [7, 11) is 0. The van der Waals surface area contributed by atoms with Gasteiger partial charge in [-0.3, -0.25) is 0 Å². The molecule has 0 N–H and O–H groups in total. The molecule has 11 aromatic rings. The molecule has 2 aromatic heterocycles. The van der Waals surface area contributed by atoms with Gasteiger partial charge in [0.2, 0.25) is 0 Å². The zero-order chi connectivity index (χ0) is 42.0. The zero-order valence-electron chi connectivity index (χ0n) is 35.1. The Morgan fingerprint density at radius 2 is 0.984 bits per heavy atom. The number of para-hydroxylation sites is 2. The Morgan fingerprint density at radius 3 is 1.73 bits per heavy atom. The Morgan fingerprint density at radius 1 is 0.429 bits per heavy atom. The van der Waals surface area contributed by atoms with Crippen molar-refractivity contribution in [1.82, 2.24) is 14.5 Å². The quantitative estimate of drug-likeness (QED) is 0.162. The lowest BCUT2D eigenvalue weighted by atomic mass is 9.91. The summed E-state index contributed by atoms with van der Waals surface area (Å²) >= 11 is 0. The highest BCUT2D eigenvalue weighted by Gasteiger charge is 2.23. The lowest BCUT2D eigenvalue weighted by Crippen LogP contribution is -2.28. The fourth-order valence-corrected chi connectivity index (χ4v) is 10.00. The number of rotatable bonds is 5. The molecule has 63 heavy (non-hydrogen) atoms. The third-order valence-electron chi connectivity index (χ3n) is 13.0. The van der Waals surface area contributed by atoms with Crippen LogP contribution in [0.2, 0.25) is 0 Å². The Labute approximate surface area is 366 Å². The lowest BCUT2D eigenvalue weighted by molar-refractivity contribution is 0.862. The molecule has 1 aliphatic heterocycles. The summed E-state index contributed by atoms with van der Waals surface area (Å²) in [5, 5.41) is 10.1. The lowest BCUT2D eigenvalue weighted by Gasteiger charge is -2.34. The Hall–Kier alpha value is -8.08. The molecule has 4 nitrogen and oxygen atoms in total. The summed E-state index contributed by atoms with van der Waals surface area (Å²) < 4.78 is 2.37. The SMILES string of the molecule is C/C1=C\C=C/C(C)N(c2cc(-c3cncnc3)cc(-c3ccc4c5ccccc5c5ccccc5c4c3)c2)c2ccc(-c3ccc4c(c3)c3ccccc3n4-c3ccccc3)cc21. The number of hydrogen-bond acceptors (Lipinski definition) is 3. The summed E-state index contributed by atoms with van der Waals surface area (Å²) in [6, 6.07) is 64.8. The third kappa shape index (κ3) is 6.14. The van der Waals surface area contributed by atoms with Crippen molar-refractivity contribution in [2.24, 2.45) is 0 Å². The van der Waals surface area contributed by atoms with E-state index in [4.69, 9.17) is 0 Å². The van der Waals surface area contributed by atoms with Gasteiger partial charge in [-0.25, -0.2) is 9.97 Å². The van der Waals surface area contributed by atoms with E-state index in [2.05, 4.69) is 227 Å². The smallest absolute Gasteiger partial charge is 0.115 e. The molecule has 0 saturated carbocycles. The van der Waals surface area contributed by atoms with E-state index in [1.165, 1.54) is 76.4 Å². The van der Waals surface area contributed by atoms with Gasteiger partial charge in [-0.2, -0.15) is 0 Å². The fraction of sp³-hybridized carbons (Fsp3) is 0.0508. The number of nitrogens with zero attached hydrogens (tertiary/aromatic N) is 4. The minimum absolute atomic E-state index is 0.0569. The number of aromatic nitrogens is 3. The highest BCUT2D eigenvalue weighted by atomic mass is 15.2. The molecule has 12 rings (SSSR count). The fourth-order valence-electron chi connectivity index (χ4n) is 10.00. The molecule has 1 unspecified atom stereocenters. The molecule has 1 atom stereocenters. The number of hydrogen-bond donors (Lipinski definition) is 0. The van der Waals surface area contributed by atoms with Crippen LogP contribution in [0.3, 0.4) is 0 Å². The predicted octanol–water partition coefficient (Wildman–Crippen LogP) is 15.5. The van der Waals surface area contributed by atoms with Crippen LogP contribution in [0.4, 0.5) is 11.4 Å². The molecular formula is C59H42N4. The van der Waals surface area contributed by atoms with Crippen LogP contribution in [-0.4, -0.2) is 20.6 Å². The molecule has 0 saturated heterocycles. The maximum atomic E-state index is 4.44. The van der Waals surface area contributed by atoms with Gasteiger partial charge in [0.05, 0.1) is 11.0 Å². The highest BCUT2D eigenvalue weighted by Crippen LogP contribution is 2.44. The molecule has 0 bridgehead atoms. The van der Waals surface area contributed by atoms with Gasteiger partial charge in [0, 0.05) is 57.4 Å². The second-order valence-electron chi connectivity index (χ2n) is 16.7. The summed E-state index contributed by atoms with van der Waals surface area (Å²) in [5.41, 5.74) is 15.0. The first-order valence-corrected chi connectivity index (χ1v) is 21.7. The topological polar surface area (TPSA) is 34.0 Å². The van der Waals surface area contributed by atoms with Crippen molar-refractivity contribution in [3.8, 4) is 39.1 Å². The zero-order valence-corrected chi connectivity index (χ0v) is 35.1. The van der Waals surface area contributed by atoms with Crippen molar-refractivity contribution in [3.63, 3.8) is 0 Å². The first kappa shape index (κ1) is 36.7. The Balaban J connectivity index is 1.02.